The minimum atomic E-state index is -1.68. The van der Waals surface area contributed by atoms with Crippen molar-refractivity contribution in [2.45, 2.75) is 95.5 Å². The zero-order chi connectivity index (χ0) is 67.0. The third-order valence-electron chi connectivity index (χ3n) is 16.4. The number of aliphatic hydroxyl groups excluding tert-OH is 1. The Labute approximate surface area is 551 Å². The first-order chi connectivity index (χ1) is 44.8. The van der Waals surface area contributed by atoms with Crippen LogP contribution in [0.5, 0.6) is 5.75 Å². The van der Waals surface area contributed by atoms with Gasteiger partial charge in [0.2, 0.25) is 23.6 Å². The SMILES string of the molecule is Cc1ccc(CCCC(=O)NCCSC[C@H](NC(=O)CN2CCN(COC=O)CCN(COC=O)CCN(CC(=O)O)CC2)C(=O)NCCSC[C@@H](O)C(=O)N2CCC(CCCCOc3ccc4nccc(C(=O)NCC(=O)N5CC(C)(F)C[C@@H]5C#N)c4c3)CC2)cc1. The minimum absolute atomic E-state index is 0.0119. The van der Waals surface area contributed by atoms with Crippen molar-refractivity contribution in [3.8, 4) is 11.8 Å². The number of aromatic nitrogens is 1. The summed E-state index contributed by atoms with van der Waals surface area (Å²) in [4.78, 5) is 128. The number of benzene rings is 2. The average molecular weight is 1340 g/mol. The summed E-state index contributed by atoms with van der Waals surface area (Å²) in [7, 11) is 0. The zero-order valence-electron chi connectivity index (χ0n) is 53.4. The van der Waals surface area contributed by atoms with E-state index in [-0.39, 0.29) is 88.0 Å². The largest absolute Gasteiger partial charge is 0.494 e. The van der Waals surface area contributed by atoms with Gasteiger partial charge in [-0.3, -0.25) is 67.7 Å². The molecule has 0 saturated carbocycles. The molecule has 6 N–H and O–H groups in total. The van der Waals surface area contributed by atoms with Crippen LogP contribution in [-0.4, -0.2) is 271 Å². The molecular weight excluding hydrogens is 1240 g/mol. The van der Waals surface area contributed by atoms with Gasteiger partial charge in [-0.25, -0.2) is 4.39 Å². The molecule has 3 fully saturated rings. The number of hydrogen-bond donors (Lipinski definition) is 6. The van der Waals surface area contributed by atoms with Gasteiger partial charge in [-0.05, 0) is 88.1 Å². The highest BCUT2D eigenvalue weighted by molar-refractivity contribution is 7.99. The second kappa shape index (κ2) is 40.1. The van der Waals surface area contributed by atoms with Gasteiger partial charge in [0.1, 0.15) is 43.1 Å². The number of pyridine rings is 1. The molecule has 3 saturated heterocycles. The first-order valence-corrected chi connectivity index (χ1v) is 34.1. The lowest BCUT2D eigenvalue weighted by Crippen LogP contribution is -2.53. The molecule has 93 heavy (non-hydrogen) atoms. The Balaban J connectivity index is 0.919. The number of hydrogen-bond acceptors (Lipinski definition) is 21. The molecule has 3 aromatic rings. The van der Waals surface area contributed by atoms with Crippen molar-refractivity contribution in [2.75, 3.05) is 148 Å². The summed E-state index contributed by atoms with van der Waals surface area (Å²) in [5.41, 5.74) is 1.49. The zero-order valence-corrected chi connectivity index (χ0v) is 55.0. The number of carboxylic acids is 1. The van der Waals surface area contributed by atoms with Crippen LogP contribution in [0.15, 0.2) is 54.7 Å². The van der Waals surface area contributed by atoms with E-state index in [2.05, 4.69) is 38.4 Å². The molecule has 26 nitrogen and oxygen atoms in total. The molecule has 3 aliphatic rings. The Hall–Kier alpha value is -7.20. The predicted molar refractivity (Wildman–Crippen MR) is 348 cm³/mol. The second-order valence-corrected chi connectivity index (χ2v) is 26.1. The Morgan fingerprint density at radius 2 is 1.43 bits per heavy atom. The molecule has 0 radical (unpaired) electrons. The number of nitrogens with zero attached hydrogens (tertiary/aromatic N) is 8. The van der Waals surface area contributed by atoms with Gasteiger partial charge in [0, 0.05) is 126 Å². The van der Waals surface area contributed by atoms with Crippen molar-refractivity contribution >= 4 is 88.8 Å². The van der Waals surface area contributed by atoms with Crippen LogP contribution in [0.1, 0.15) is 79.8 Å². The fourth-order valence-corrected chi connectivity index (χ4v) is 12.9. The molecule has 2 aromatic carbocycles. The lowest BCUT2D eigenvalue weighted by molar-refractivity contribution is -0.140. The molecule has 6 amide bonds. The molecule has 4 heterocycles. The first-order valence-electron chi connectivity index (χ1n) is 31.7. The van der Waals surface area contributed by atoms with E-state index in [0.29, 0.717) is 125 Å². The number of rotatable bonds is 36. The van der Waals surface area contributed by atoms with Crippen molar-refractivity contribution in [2.24, 2.45) is 5.92 Å². The first kappa shape index (κ1) is 74.8. The van der Waals surface area contributed by atoms with Crippen LogP contribution in [0.2, 0.25) is 0 Å². The molecule has 510 valence electrons. The number of aryl methyl sites for hydroxylation is 2. The number of nitrogens with one attached hydrogen (secondary N) is 4. The number of alkyl halides is 1. The number of piperidine rings is 1. The van der Waals surface area contributed by atoms with Gasteiger partial charge in [-0.2, -0.15) is 28.8 Å². The second-order valence-electron chi connectivity index (χ2n) is 23.8. The lowest BCUT2D eigenvalue weighted by atomic mass is 9.91. The number of aliphatic hydroxyl groups is 1. The third-order valence-corrected chi connectivity index (χ3v) is 18.5. The van der Waals surface area contributed by atoms with E-state index in [4.69, 9.17) is 14.2 Å². The quantitative estimate of drug-likeness (QED) is 0.0358. The molecular formula is C64H91FN12O14S2. The predicted octanol–water partition coefficient (Wildman–Crippen LogP) is 2.05. The number of carbonyl (C=O) groups is 9. The summed E-state index contributed by atoms with van der Waals surface area (Å²) in [6, 6.07) is 15.1. The molecule has 0 bridgehead atoms. The third kappa shape index (κ3) is 27.0. The highest BCUT2D eigenvalue weighted by atomic mass is 32.2. The molecule has 3 aliphatic heterocycles. The van der Waals surface area contributed by atoms with Crippen LogP contribution >= 0.6 is 23.5 Å². The summed E-state index contributed by atoms with van der Waals surface area (Å²) in [5.74, 6) is -1.35. The van der Waals surface area contributed by atoms with Crippen molar-refractivity contribution in [1.82, 2.24) is 55.7 Å². The van der Waals surface area contributed by atoms with E-state index < -0.39 is 60.0 Å². The summed E-state index contributed by atoms with van der Waals surface area (Å²) >= 11 is 2.70. The Bertz CT molecular complexity index is 2960. The number of carboxylic acid groups (broad SMARTS) is 1. The normalized spacial score (nSPS) is 18.8. The number of fused-ring (bicyclic) bond motifs is 1. The molecule has 4 atom stereocenters. The molecule has 0 aliphatic carbocycles. The molecule has 29 heteroatoms. The van der Waals surface area contributed by atoms with Crippen molar-refractivity contribution in [3.05, 3.63) is 71.4 Å². The van der Waals surface area contributed by atoms with Crippen molar-refractivity contribution < 1.29 is 72.0 Å². The van der Waals surface area contributed by atoms with Gasteiger partial charge in [-0.1, -0.05) is 36.2 Å². The van der Waals surface area contributed by atoms with Gasteiger partial charge in [-0.15, -0.1) is 0 Å². The van der Waals surface area contributed by atoms with E-state index in [1.165, 1.54) is 42.2 Å². The van der Waals surface area contributed by atoms with Crippen molar-refractivity contribution in [1.29, 1.82) is 5.26 Å². The van der Waals surface area contributed by atoms with Crippen LogP contribution in [0, 0.1) is 24.2 Å². The minimum Gasteiger partial charge on any atom is -0.494 e. The van der Waals surface area contributed by atoms with Crippen LogP contribution in [-0.2, 0) is 54.3 Å². The van der Waals surface area contributed by atoms with E-state index >= 15 is 0 Å². The van der Waals surface area contributed by atoms with E-state index in [0.717, 1.165) is 49.0 Å². The maximum absolute atomic E-state index is 14.6. The maximum atomic E-state index is 14.6. The number of likely N-dealkylation sites (tertiary alicyclic amines) is 2. The summed E-state index contributed by atoms with van der Waals surface area (Å²) in [6.45, 7) is 7.69. The van der Waals surface area contributed by atoms with Crippen LogP contribution in [0.4, 0.5) is 4.39 Å². The Morgan fingerprint density at radius 1 is 0.796 bits per heavy atom. The standard InChI is InChI=1S/C64H91FN12O14S2/c1-47-9-11-48(12-10-47)7-5-8-57(81)68-19-32-92-40-55(71-58(82)38-72-23-24-73(39-60(84)85)26-28-75(44-90-46-79)30-29-74(27-25-72)43-89-45-78)62(87)69-20-33-93-41-56(80)63(88)76-21-16-49(17-22-76)6-3-4-31-91-51-13-14-54-53(34-51)52(15-18-67-54)61(86)70-37-59(83)77-42-64(2,65)35-50(77)36-66/h9-15,18,34,45-46,49-50,55-56,80H,3-8,16-17,19-33,35,37-44H2,1-2H3,(H,68,81)(H,69,87)(H,70,86)(H,71,82)(H,84,85)/t50-,55+,56-,64?/m1/s1. The Morgan fingerprint density at radius 3 is 2.08 bits per heavy atom. The number of thioether (sulfide) groups is 2. The smallest absolute Gasteiger partial charge is 0.317 e. The number of amides is 6. The number of nitriles is 1. The monoisotopic (exact) mass is 1330 g/mol. The fraction of sp³-hybridized carbons (Fsp3) is 0.609. The highest BCUT2D eigenvalue weighted by Gasteiger charge is 2.43. The molecule has 1 aromatic heterocycles. The maximum Gasteiger partial charge on any atom is 0.317 e. The molecule has 6 rings (SSSR count). The summed E-state index contributed by atoms with van der Waals surface area (Å²) in [5, 5.41) is 42.0. The van der Waals surface area contributed by atoms with Gasteiger partial charge in [0.25, 0.3) is 24.8 Å². The van der Waals surface area contributed by atoms with Gasteiger partial charge >= 0.3 is 5.97 Å². The fourth-order valence-electron chi connectivity index (χ4n) is 11.2. The van der Waals surface area contributed by atoms with Gasteiger partial charge in [0.05, 0.1) is 49.9 Å². The van der Waals surface area contributed by atoms with Gasteiger partial charge < -0.3 is 55.5 Å². The topological polar surface area (TPSA) is 326 Å². The summed E-state index contributed by atoms with van der Waals surface area (Å²) < 4.78 is 30.7. The van der Waals surface area contributed by atoms with Crippen LogP contribution in [0.3, 0.4) is 0 Å². The van der Waals surface area contributed by atoms with Crippen LogP contribution < -0.4 is 26.0 Å². The van der Waals surface area contributed by atoms with E-state index in [1.54, 1.807) is 34.1 Å². The number of aliphatic carboxylic acids is 1. The lowest BCUT2D eigenvalue weighted by Gasteiger charge is -2.33. The molecule has 1 unspecified atom stereocenters. The average Bonchev–Trinajstić information content (AvgIpc) is 1.82. The van der Waals surface area contributed by atoms with Gasteiger partial charge in [0.15, 0.2) is 0 Å². The van der Waals surface area contributed by atoms with E-state index in [9.17, 15) is 63.0 Å². The number of ether oxygens (including phenoxy) is 3. The number of carbonyl (C=O) groups excluding carboxylic acids is 8. The number of halogens is 1. The highest BCUT2D eigenvalue weighted by Crippen LogP contribution is 2.30. The van der Waals surface area contributed by atoms with Crippen LogP contribution in [0.25, 0.3) is 10.9 Å². The van der Waals surface area contributed by atoms with Crippen molar-refractivity contribution in [3.63, 3.8) is 0 Å². The summed E-state index contributed by atoms with van der Waals surface area (Å²) in [6.07, 6.45) is 6.17. The molecule has 0 spiro atoms. The Kier molecular flexibility index (Phi) is 32.3. The van der Waals surface area contributed by atoms with E-state index in [1.807, 2.05) is 39.8 Å². The number of unbranched alkanes of at least 4 members (excludes halogenated alkanes) is 1.